The van der Waals surface area contributed by atoms with Crippen LogP contribution in [-0.4, -0.2) is 93.3 Å². The molecule has 0 saturated carbocycles. The van der Waals surface area contributed by atoms with Gasteiger partial charge in [-0.05, 0) is 39.7 Å². The molecule has 0 bridgehead atoms. The van der Waals surface area contributed by atoms with E-state index < -0.39 is 0 Å². The van der Waals surface area contributed by atoms with Crippen LogP contribution in [0.25, 0.3) is 5.65 Å². The topological polar surface area (TPSA) is 134 Å². The molecule has 11 nitrogen and oxygen atoms in total. The summed E-state index contributed by atoms with van der Waals surface area (Å²) in [6.45, 7) is 10.7. The van der Waals surface area contributed by atoms with E-state index in [4.69, 9.17) is 32.0 Å². The fraction of sp³-hybridized carbons (Fsp3) is 0.571. The highest BCUT2D eigenvalue weighted by atomic mass is 35.5. The number of amides is 1. The van der Waals surface area contributed by atoms with Gasteiger partial charge in [0.25, 0.3) is 5.91 Å². The molecule has 3 aliphatic heterocycles. The normalized spacial score (nSPS) is 21.6. The number of aryl methyl sites for hydroxylation is 2. The average molecular weight is 674 g/mol. The van der Waals surface area contributed by atoms with Gasteiger partial charge < -0.3 is 30.7 Å². The molecule has 4 N–H and O–H groups in total. The zero-order valence-corrected chi connectivity index (χ0v) is 27.7. The number of rotatable bonds is 5. The molecule has 3 aromatic rings. The van der Waals surface area contributed by atoms with Gasteiger partial charge in [-0.3, -0.25) is 9.20 Å². The number of hydrogen-bond donors (Lipinski definition) is 3. The van der Waals surface area contributed by atoms with Crippen LogP contribution in [0.4, 0.5) is 5.82 Å². The van der Waals surface area contributed by atoms with E-state index in [2.05, 4.69) is 15.2 Å². The minimum atomic E-state index is -0.221. The number of halogens is 3. The largest absolute Gasteiger partial charge is 0.390 e. The Labute approximate surface area is 273 Å². The lowest BCUT2D eigenvalue weighted by Crippen LogP contribution is -2.51. The van der Waals surface area contributed by atoms with E-state index in [0.29, 0.717) is 58.3 Å². The molecule has 15 heteroatoms. The Morgan fingerprint density at radius 1 is 1.16 bits per heavy atom. The van der Waals surface area contributed by atoms with Gasteiger partial charge in [-0.25, -0.2) is 15.0 Å². The molecule has 0 radical (unpaired) electrons. The number of fused-ring (bicyclic) bond motifs is 1. The number of nitrogens with zero attached hydrogens (tertiary/aromatic N) is 6. The Bertz CT molecular complexity index is 1480. The predicted octanol–water partition coefficient (Wildman–Crippen LogP) is 3.26. The molecule has 3 aliphatic rings. The van der Waals surface area contributed by atoms with Gasteiger partial charge in [0.15, 0.2) is 11.5 Å². The van der Waals surface area contributed by atoms with Crippen LogP contribution in [0.1, 0.15) is 47.3 Å². The number of ether oxygens (including phenoxy) is 1. The van der Waals surface area contributed by atoms with Crippen molar-refractivity contribution in [3.63, 3.8) is 0 Å². The molecule has 6 rings (SSSR count). The number of aromatic nitrogens is 4. The highest BCUT2D eigenvalue weighted by molar-refractivity contribution is 7.99. The van der Waals surface area contributed by atoms with Gasteiger partial charge in [0, 0.05) is 61.8 Å². The van der Waals surface area contributed by atoms with Crippen molar-refractivity contribution in [1.29, 1.82) is 0 Å². The first kappa shape index (κ1) is 34.0. The average Bonchev–Trinajstić information content (AvgIpc) is 3.47. The molecule has 0 unspecified atom stereocenters. The SMILES string of the molecule is Cc1nc(N2CCC3(CC2)CO[C@@H](C)[C@H]3N)c(CO)nc1Sc1ccn2c(C(=O)N3CCNCC3)c(C)nc2c1Cl.Cl.Cl. The molecule has 3 aromatic heterocycles. The maximum atomic E-state index is 13.3. The van der Waals surface area contributed by atoms with Crippen LogP contribution in [0, 0.1) is 19.3 Å². The smallest absolute Gasteiger partial charge is 0.272 e. The van der Waals surface area contributed by atoms with Gasteiger partial charge in [0.2, 0.25) is 0 Å². The minimum absolute atomic E-state index is 0. The number of pyridine rings is 1. The third-order valence-electron chi connectivity index (χ3n) is 8.82. The quantitative estimate of drug-likeness (QED) is 0.371. The number of aliphatic hydroxyl groups is 1. The van der Waals surface area contributed by atoms with Gasteiger partial charge in [-0.1, -0.05) is 23.4 Å². The Morgan fingerprint density at radius 2 is 1.86 bits per heavy atom. The van der Waals surface area contributed by atoms with Crippen molar-refractivity contribution in [1.82, 2.24) is 29.6 Å². The summed E-state index contributed by atoms with van der Waals surface area (Å²) >= 11 is 8.25. The van der Waals surface area contributed by atoms with Crippen molar-refractivity contribution in [2.45, 2.75) is 62.3 Å². The predicted molar refractivity (Wildman–Crippen MR) is 172 cm³/mol. The first-order valence-corrected chi connectivity index (χ1v) is 15.4. The van der Waals surface area contributed by atoms with E-state index in [1.54, 1.807) is 4.40 Å². The Balaban J connectivity index is 0.00000212. The monoisotopic (exact) mass is 672 g/mol. The van der Waals surface area contributed by atoms with Gasteiger partial charge in [-0.15, -0.1) is 24.8 Å². The number of piperidine rings is 1. The first-order chi connectivity index (χ1) is 19.7. The number of carbonyl (C=O) groups is 1. The van der Waals surface area contributed by atoms with E-state index in [-0.39, 0.29) is 54.9 Å². The number of nitrogens with two attached hydrogens (primary N) is 1. The summed E-state index contributed by atoms with van der Waals surface area (Å²) in [5.41, 5.74) is 9.49. The number of imidazole rings is 1. The molecule has 3 saturated heterocycles. The molecule has 6 heterocycles. The lowest BCUT2D eigenvalue weighted by Gasteiger charge is -2.42. The number of piperazine rings is 1. The molecule has 1 amide bonds. The standard InChI is InChI=1S/C28H37ClN8O3S.2ClH/c1-16-22(27(39)36-12-7-31-8-13-36)37-9-4-20(21(29)25(37)32-16)41-26-17(2)33-24(19(14-38)34-26)35-10-5-28(6-11-35)15-40-18(3)23(28)30;;/h4,9,18,23,31,38H,5-8,10-15,30H2,1-3H3;2*1H/t18-,23+;;/m0../s1. The van der Waals surface area contributed by atoms with Crippen LogP contribution in [0.5, 0.6) is 0 Å². The summed E-state index contributed by atoms with van der Waals surface area (Å²) in [6, 6.07) is 1.91. The summed E-state index contributed by atoms with van der Waals surface area (Å²) in [4.78, 5) is 32.5. The summed E-state index contributed by atoms with van der Waals surface area (Å²) < 4.78 is 7.64. The molecule has 3 fully saturated rings. The minimum Gasteiger partial charge on any atom is -0.390 e. The molecule has 236 valence electrons. The number of nitrogens with one attached hydrogen (secondary N) is 1. The molecule has 0 aliphatic carbocycles. The van der Waals surface area contributed by atoms with Crippen LogP contribution in [0.3, 0.4) is 0 Å². The zero-order chi connectivity index (χ0) is 28.9. The first-order valence-electron chi connectivity index (χ1n) is 14.2. The molecule has 1 spiro atoms. The highest BCUT2D eigenvalue weighted by Crippen LogP contribution is 2.43. The lowest BCUT2D eigenvalue weighted by molar-refractivity contribution is 0.0728. The lowest BCUT2D eigenvalue weighted by atomic mass is 9.73. The van der Waals surface area contributed by atoms with E-state index in [1.807, 2.05) is 37.9 Å². The van der Waals surface area contributed by atoms with Crippen LogP contribution in [-0.2, 0) is 11.3 Å². The van der Waals surface area contributed by atoms with Gasteiger partial charge in [-0.2, -0.15) is 0 Å². The van der Waals surface area contributed by atoms with Crippen molar-refractivity contribution in [3.8, 4) is 0 Å². The second kappa shape index (κ2) is 13.6. The number of anilines is 1. The molecule has 2 atom stereocenters. The van der Waals surface area contributed by atoms with Crippen LogP contribution in [0.2, 0.25) is 5.02 Å². The Morgan fingerprint density at radius 3 is 2.49 bits per heavy atom. The number of carbonyl (C=O) groups excluding carboxylic acids is 1. The van der Waals surface area contributed by atoms with Crippen molar-refractivity contribution in [3.05, 3.63) is 40.1 Å². The van der Waals surface area contributed by atoms with E-state index >= 15 is 0 Å². The van der Waals surface area contributed by atoms with Crippen molar-refractivity contribution < 1.29 is 14.6 Å². The third-order valence-corrected chi connectivity index (χ3v) is 10.4. The summed E-state index contributed by atoms with van der Waals surface area (Å²) in [7, 11) is 0. The number of hydrogen-bond acceptors (Lipinski definition) is 10. The fourth-order valence-corrected chi connectivity index (χ4v) is 7.43. The zero-order valence-electron chi connectivity index (χ0n) is 24.5. The van der Waals surface area contributed by atoms with E-state index in [1.165, 1.54) is 11.8 Å². The van der Waals surface area contributed by atoms with Crippen molar-refractivity contribution in [2.75, 3.05) is 50.8 Å². The highest BCUT2D eigenvalue weighted by Gasteiger charge is 2.47. The maximum absolute atomic E-state index is 13.3. The maximum Gasteiger partial charge on any atom is 0.272 e. The second-order valence-electron chi connectivity index (χ2n) is 11.3. The van der Waals surface area contributed by atoms with Crippen LogP contribution in [0.15, 0.2) is 22.2 Å². The molecule has 0 aromatic carbocycles. The third kappa shape index (κ3) is 6.17. The van der Waals surface area contributed by atoms with Gasteiger partial charge in [0.1, 0.15) is 16.4 Å². The summed E-state index contributed by atoms with van der Waals surface area (Å²) in [6.07, 6.45) is 3.74. The van der Waals surface area contributed by atoms with Gasteiger partial charge >= 0.3 is 0 Å². The summed E-state index contributed by atoms with van der Waals surface area (Å²) in [5.74, 6) is 0.671. The number of aliphatic hydroxyl groups excluding tert-OH is 1. The van der Waals surface area contributed by atoms with Crippen molar-refractivity contribution >= 4 is 65.5 Å². The van der Waals surface area contributed by atoms with Gasteiger partial charge in [0.05, 0.1) is 35.7 Å². The molecular formula is C28H39Cl3N8O3S. The summed E-state index contributed by atoms with van der Waals surface area (Å²) in [5, 5.41) is 14.6. The van der Waals surface area contributed by atoms with E-state index in [9.17, 15) is 9.90 Å². The fourth-order valence-electron chi connectivity index (χ4n) is 6.25. The Hall–Kier alpha value is -1.90. The van der Waals surface area contributed by atoms with Crippen LogP contribution < -0.4 is 16.0 Å². The van der Waals surface area contributed by atoms with Crippen molar-refractivity contribution in [2.24, 2.45) is 11.1 Å². The van der Waals surface area contributed by atoms with Crippen LogP contribution >= 0.6 is 48.2 Å². The second-order valence-corrected chi connectivity index (χ2v) is 12.7. The molecular weight excluding hydrogens is 635 g/mol. The Kier molecular flexibility index (Phi) is 10.8. The van der Waals surface area contributed by atoms with E-state index in [0.717, 1.165) is 49.6 Å². The molecule has 43 heavy (non-hydrogen) atoms.